The van der Waals surface area contributed by atoms with Crippen molar-refractivity contribution >= 4 is 56.8 Å². The van der Waals surface area contributed by atoms with E-state index in [1.165, 1.54) is 23.2 Å². The highest BCUT2D eigenvalue weighted by molar-refractivity contribution is 8.24. The maximum absolute atomic E-state index is 12.9. The van der Waals surface area contributed by atoms with Gasteiger partial charge in [0.25, 0.3) is 0 Å². The molecule has 0 radical (unpaired) electrons. The quantitative estimate of drug-likeness (QED) is 0.274. The predicted molar refractivity (Wildman–Crippen MR) is 135 cm³/mol. The Morgan fingerprint density at radius 3 is 2.58 bits per heavy atom. The van der Waals surface area contributed by atoms with E-state index in [9.17, 15) is 14.8 Å². The van der Waals surface area contributed by atoms with E-state index in [2.05, 4.69) is 16.1 Å². The minimum absolute atomic E-state index is 0.0427. The van der Waals surface area contributed by atoms with Crippen LogP contribution < -0.4 is 16.1 Å². The highest BCUT2D eigenvalue weighted by Gasteiger charge is 2.50. The van der Waals surface area contributed by atoms with Crippen molar-refractivity contribution < 1.29 is 14.8 Å². The van der Waals surface area contributed by atoms with Gasteiger partial charge in [-0.1, -0.05) is 79.6 Å². The lowest BCUT2D eigenvalue weighted by Crippen LogP contribution is -2.62. The number of hydrogen-bond donors (Lipinski definition) is 4. The minimum atomic E-state index is -0.878. The number of nitrogens with zero attached hydrogens (tertiary/aromatic N) is 2. The Morgan fingerprint density at radius 1 is 1.12 bits per heavy atom. The number of hydrogen-bond acceptors (Lipinski definition) is 5. The number of nitrogens with one attached hydrogen (secondary N) is 3. The van der Waals surface area contributed by atoms with Gasteiger partial charge in [0, 0.05) is 11.4 Å². The molecule has 0 unspecified atom stereocenters. The zero-order valence-electron chi connectivity index (χ0n) is 18.7. The molecule has 4 N–H and O–H groups in total. The number of urea groups is 2. The molecule has 1 aliphatic heterocycles. The molecule has 1 aliphatic carbocycles. The van der Waals surface area contributed by atoms with Crippen LogP contribution in [0, 0.1) is 0 Å². The van der Waals surface area contributed by atoms with Gasteiger partial charge in [-0.15, -0.1) is 0 Å². The number of fused-ring (bicyclic) bond motifs is 1. The Morgan fingerprint density at radius 2 is 1.82 bits per heavy atom. The van der Waals surface area contributed by atoms with Gasteiger partial charge in [0.1, 0.15) is 0 Å². The number of carbonyl (C=O) groups excluding carboxylic acids is 2. The Balaban J connectivity index is 1.48. The van der Waals surface area contributed by atoms with Crippen molar-refractivity contribution in [3.63, 3.8) is 0 Å². The zero-order valence-corrected chi connectivity index (χ0v) is 20.3. The molecule has 2 fully saturated rings. The van der Waals surface area contributed by atoms with E-state index in [1.807, 2.05) is 56.3 Å². The number of carbonyl (C=O) groups is 2. The largest absolute Gasteiger partial charge is 0.343 e. The fourth-order valence-corrected chi connectivity index (χ4v) is 6.24. The topological polar surface area (TPSA) is 96.9 Å². The number of anilines is 1. The van der Waals surface area contributed by atoms with Crippen molar-refractivity contribution in [2.24, 2.45) is 0 Å². The van der Waals surface area contributed by atoms with E-state index in [0.29, 0.717) is 15.1 Å². The highest BCUT2D eigenvalue weighted by atomic mass is 32.2. The summed E-state index contributed by atoms with van der Waals surface area (Å²) in [6, 6.07) is 12.3. The number of thioether (sulfide) groups is 1. The monoisotopic (exact) mass is 487 g/mol. The van der Waals surface area contributed by atoms with Gasteiger partial charge in [0.15, 0.2) is 10.5 Å². The molecule has 0 aromatic heterocycles. The first-order valence-corrected chi connectivity index (χ1v) is 12.3. The third kappa shape index (κ3) is 5.18. The third-order valence-corrected chi connectivity index (χ3v) is 7.60. The summed E-state index contributed by atoms with van der Waals surface area (Å²) in [5, 5.41) is 20.5. The number of amides is 4. The van der Waals surface area contributed by atoms with Crippen molar-refractivity contribution in [3.05, 3.63) is 42.5 Å². The molecule has 176 valence electrons. The van der Waals surface area contributed by atoms with Gasteiger partial charge in [-0.25, -0.2) is 20.0 Å². The third-order valence-electron chi connectivity index (χ3n) is 6.05. The highest BCUT2D eigenvalue weighted by Crippen LogP contribution is 2.41. The SMILES string of the molecule is CC1(C)SC(=S)N(NC(=O)Nc2cccc3ccccc23)[C@@H]1N(O)C(=O)NC1CCCCC1. The number of thiocarbonyl (C=S) groups is 1. The average molecular weight is 488 g/mol. The fraction of sp³-hybridized carbons (Fsp3) is 0.435. The first-order valence-electron chi connectivity index (χ1n) is 11.1. The van der Waals surface area contributed by atoms with Crippen molar-refractivity contribution in [1.82, 2.24) is 20.8 Å². The summed E-state index contributed by atoms with van der Waals surface area (Å²) < 4.78 is -0.287. The van der Waals surface area contributed by atoms with Crippen molar-refractivity contribution in [2.45, 2.75) is 62.9 Å². The molecule has 33 heavy (non-hydrogen) atoms. The van der Waals surface area contributed by atoms with Gasteiger partial charge < -0.3 is 10.6 Å². The first-order chi connectivity index (χ1) is 15.8. The summed E-state index contributed by atoms with van der Waals surface area (Å²) in [5.41, 5.74) is 3.37. The lowest BCUT2D eigenvalue weighted by atomic mass is 9.96. The number of hydrazine groups is 1. The summed E-state index contributed by atoms with van der Waals surface area (Å²) in [6.07, 6.45) is 4.21. The molecule has 0 spiro atoms. The van der Waals surface area contributed by atoms with Crippen LogP contribution in [0.2, 0.25) is 0 Å². The maximum atomic E-state index is 12.9. The Hall–Kier alpha value is -2.56. The molecule has 1 saturated heterocycles. The number of hydroxylamine groups is 2. The van der Waals surface area contributed by atoms with Crippen molar-refractivity contribution in [1.29, 1.82) is 0 Å². The van der Waals surface area contributed by atoms with Gasteiger partial charge >= 0.3 is 12.1 Å². The molecule has 1 atom stereocenters. The molecule has 8 nitrogen and oxygen atoms in total. The summed E-state index contributed by atoms with van der Waals surface area (Å²) in [4.78, 5) is 25.7. The Bertz CT molecular complexity index is 1050. The standard InChI is InChI=1S/C23H29N5O3S2/c1-23(2)19(28(31)21(30)24-16-11-4-3-5-12-16)27(22(32)33-23)26-20(29)25-18-14-8-10-15-9-6-7-13-17(15)18/h6-10,13-14,16,19,31H,3-5,11-12H2,1-2H3,(H,24,30)(H2,25,26,29)/t19-/m1/s1. The van der Waals surface area contributed by atoms with Crippen LogP contribution in [-0.2, 0) is 0 Å². The minimum Gasteiger partial charge on any atom is -0.333 e. The van der Waals surface area contributed by atoms with Crippen LogP contribution in [0.3, 0.4) is 0 Å². The van der Waals surface area contributed by atoms with E-state index >= 15 is 0 Å². The second-order valence-corrected chi connectivity index (χ2v) is 11.2. The summed E-state index contributed by atoms with van der Waals surface area (Å²) in [5.74, 6) is 0. The summed E-state index contributed by atoms with van der Waals surface area (Å²) in [7, 11) is 0. The molecule has 10 heteroatoms. The number of rotatable bonds is 4. The molecular formula is C23H29N5O3S2. The zero-order chi connectivity index (χ0) is 23.6. The number of benzene rings is 2. The van der Waals surface area contributed by atoms with E-state index in [4.69, 9.17) is 12.2 Å². The predicted octanol–water partition coefficient (Wildman–Crippen LogP) is 5.05. The Kier molecular flexibility index (Phi) is 6.96. The van der Waals surface area contributed by atoms with Gasteiger partial charge in [0.2, 0.25) is 0 Å². The molecule has 2 aromatic rings. The van der Waals surface area contributed by atoms with Gasteiger partial charge in [-0.3, -0.25) is 5.21 Å². The maximum Gasteiger partial charge on any atom is 0.343 e. The lowest BCUT2D eigenvalue weighted by molar-refractivity contribution is -0.125. The molecule has 2 aromatic carbocycles. The molecule has 1 saturated carbocycles. The van der Waals surface area contributed by atoms with Crippen LogP contribution in [0.1, 0.15) is 46.0 Å². The van der Waals surface area contributed by atoms with Crippen molar-refractivity contribution in [3.8, 4) is 0 Å². The van der Waals surface area contributed by atoms with E-state index in [1.54, 1.807) is 0 Å². The van der Waals surface area contributed by atoms with E-state index < -0.39 is 23.0 Å². The second kappa shape index (κ2) is 9.74. The normalized spacial score (nSPS) is 20.5. The first kappa shape index (κ1) is 23.6. The van der Waals surface area contributed by atoms with Crippen LogP contribution in [0.4, 0.5) is 15.3 Å². The van der Waals surface area contributed by atoms with Crippen molar-refractivity contribution in [2.75, 3.05) is 5.32 Å². The molecular weight excluding hydrogens is 458 g/mol. The van der Waals surface area contributed by atoms with Crippen LogP contribution >= 0.6 is 24.0 Å². The molecule has 2 aliphatic rings. The van der Waals surface area contributed by atoms with Crippen LogP contribution in [-0.4, -0.2) is 48.6 Å². The van der Waals surface area contributed by atoms with Gasteiger partial charge in [-0.2, -0.15) is 5.06 Å². The van der Waals surface area contributed by atoms with Crippen LogP contribution in [0.15, 0.2) is 42.5 Å². The van der Waals surface area contributed by atoms with Gasteiger partial charge in [0.05, 0.1) is 10.4 Å². The summed E-state index contributed by atoms with van der Waals surface area (Å²) in [6.45, 7) is 3.74. The lowest BCUT2D eigenvalue weighted by Gasteiger charge is -2.37. The summed E-state index contributed by atoms with van der Waals surface area (Å²) >= 11 is 6.79. The molecule has 0 bridgehead atoms. The molecule has 4 rings (SSSR count). The molecule has 1 heterocycles. The van der Waals surface area contributed by atoms with Crippen LogP contribution in [0.25, 0.3) is 10.8 Å². The van der Waals surface area contributed by atoms with E-state index in [0.717, 1.165) is 36.5 Å². The fourth-order valence-electron chi connectivity index (χ4n) is 4.44. The smallest absolute Gasteiger partial charge is 0.333 e. The Labute approximate surface area is 203 Å². The average Bonchev–Trinajstić information content (AvgIpc) is 3.01. The molecule has 4 amide bonds. The second-order valence-electron chi connectivity index (χ2n) is 8.94. The van der Waals surface area contributed by atoms with Crippen LogP contribution in [0.5, 0.6) is 0 Å². The van der Waals surface area contributed by atoms with Gasteiger partial charge in [-0.05, 0) is 38.1 Å². The van der Waals surface area contributed by atoms with E-state index in [-0.39, 0.29) is 6.04 Å².